The van der Waals surface area contributed by atoms with Crippen molar-refractivity contribution in [2.45, 2.75) is 77.9 Å². The van der Waals surface area contributed by atoms with E-state index in [1.165, 1.54) is 5.56 Å². The van der Waals surface area contributed by atoms with E-state index in [9.17, 15) is 14.7 Å². The summed E-state index contributed by atoms with van der Waals surface area (Å²) in [6, 6.07) is 7.48. The first-order chi connectivity index (χ1) is 14.4. The number of amides is 2. The standard InChI is InChI=1S/C25H37ClN2O3/c1-16(2)21(27-22(29)18-10-12-25(5,31)14-18)23(30)28-13-11-20(24(3,4)15-28)17-6-8-19(26)9-7-17/h6-9,16,18,20-21,31H,10-15H2,1-5H3,(H,27,29)/t18-,20?,21-,25?/m1/s1. The molecule has 0 spiro atoms. The van der Waals surface area contributed by atoms with E-state index in [1.807, 2.05) is 30.9 Å². The van der Waals surface area contributed by atoms with Gasteiger partial charge in [-0.1, -0.05) is 51.4 Å². The molecule has 1 aliphatic carbocycles. The largest absolute Gasteiger partial charge is 0.390 e. The third-order valence-electron chi connectivity index (χ3n) is 7.13. The molecule has 2 amide bonds. The van der Waals surface area contributed by atoms with Gasteiger partial charge >= 0.3 is 0 Å². The second kappa shape index (κ2) is 9.11. The Morgan fingerprint density at radius 2 is 1.81 bits per heavy atom. The fourth-order valence-corrected chi connectivity index (χ4v) is 5.41. The zero-order valence-corrected chi connectivity index (χ0v) is 20.2. The smallest absolute Gasteiger partial charge is 0.245 e. The molecule has 0 bridgehead atoms. The highest BCUT2D eigenvalue weighted by molar-refractivity contribution is 6.30. The Hall–Kier alpha value is -1.59. The predicted molar refractivity (Wildman–Crippen MR) is 124 cm³/mol. The zero-order chi connectivity index (χ0) is 23.0. The van der Waals surface area contributed by atoms with E-state index >= 15 is 0 Å². The maximum atomic E-state index is 13.4. The van der Waals surface area contributed by atoms with Gasteiger partial charge in [0.1, 0.15) is 6.04 Å². The number of carbonyl (C=O) groups is 2. The minimum Gasteiger partial charge on any atom is -0.390 e. The van der Waals surface area contributed by atoms with E-state index in [0.717, 1.165) is 11.4 Å². The number of hydrogen-bond acceptors (Lipinski definition) is 3. The number of halogens is 1. The summed E-state index contributed by atoms with van der Waals surface area (Å²) in [5.41, 5.74) is 0.383. The van der Waals surface area contributed by atoms with Gasteiger partial charge in [-0.2, -0.15) is 0 Å². The Morgan fingerprint density at radius 3 is 2.32 bits per heavy atom. The van der Waals surface area contributed by atoms with Gasteiger partial charge < -0.3 is 15.3 Å². The number of nitrogens with one attached hydrogen (secondary N) is 1. The average molecular weight is 449 g/mol. The fourth-order valence-electron chi connectivity index (χ4n) is 5.28. The van der Waals surface area contributed by atoms with Crippen molar-refractivity contribution in [1.82, 2.24) is 10.2 Å². The molecule has 4 atom stereocenters. The van der Waals surface area contributed by atoms with Gasteiger partial charge in [-0.05, 0) is 67.6 Å². The summed E-state index contributed by atoms with van der Waals surface area (Å²) in [6.07, 6.45) is 2.62. The van der Waals surface area contributed by atoms with Crippen molar-refractivity contribution in [3.05, 3.63) is 34.9 Å². The molecular formula is C25H37ClN2O3. The molecule has 6 heteroatoms. The Kier molecular flexibility index (Phi) is 7.07. The van der Waals surface area contributed by atoms with E-state index < -0.39 is 11.6 Å². The molecule has 0 aromatic heterocycles. The highest BCUT2D eigenvalue weighted by atomic mass is 35.5. The molecule has 1 heterocycles. The second-order valence-corrected chi connectivity index (χ2v) is 11.2. The number of aliphatic hydroxyl groups is 1. The second-order valence-electron chi connectivity index (χ2n) is 10.8. The van der Waals surface area contributed by atoms with Crippen molar-refractivity contribution in [2.24, 2.45) is 17.3 Å². The lowest BCUT2D eigenvalue weighted by atomic mass is 9.70. The molecule has 172 valence electrons. The van der Waals surface area contributed by atoms with Gasteiger partial charge in [-0.25, -0.2) is 0 Å². The number of benzene rings is 1. The first-order valence-electron chi connectivity index (χ1n) is 11.5. The van der Waals surface area contributed by atoms with Gasteiger partial charge in [0.05, 0.1) is 5.60 Å². The van der Waals surface area contributed by atoms with Crippen LogP contribution in [0, 0.1) is 17.3 Å². The summed E-state index contributed by atoms with van der Waals surface area (Å²) < 4.78 is 0. The molecule has 1 saturated carbocycles. The van der Waals surface area contributed by atoms with E-state index in [4.69, 9.17) is 11.6 Å². The molecular weight excluding hydrogens is 412 g/mol. The summed E-state index contributed by atoms with van der Waals surface area (Å²) in [4.78, 5) is 28.2. The predicted octanol–water partition coefficient (Wildman–Crippen LogP) is 4.37. The quantitative estimate of drug-likeness (QED) is 0.702. The minimum absolute atomic E-state index is 0.00395. The number of likely N-dealkylation sites (tertiary alicyclic amines) is 1. The molecule has 1 aromatic carbocycles. The number of nitrogens with zero attached hydrogens (tertiary/aromatic N) is 1. The van der Waals surface area contributed by atoms with Gasteiger partial charge in [0, 0.05) is 24.0 Å². The number of rotatable bonds is 5. The summed E-state index contributed by atoms with van der Waals surface area (Å²) in [5, 5.41) is 13.9. The maximum absolute atomic E-state index is 13.4. The molecule has 1 saturated heterocycles. The van der Waals surface area contributed by atoms with Crippen LogP contribution in [0.15, 0.2) is 24.3 Å². The van der Waals surface area contributed by atoms with Crippen LogP contribution in [0.1, 0.15) is 71.8 Å². The maximum Gasteiger partial charge on any atom is 0.245 e. The highest BCUT2D eigenvalue weighted by Crippen LogP contribution is 2.42. The lowest BCUT2D eigenvalue weighted by Gasteiger charge is -2.46. The van der Waals surface area contributed by atoms with Crippen LogP contribution in [-0.2, 0) is 9.59 Å². The Morgan fingerprint density at radius 1 is 1.16 bits per heavy atom. The van der Waals surface area contributed by atoms with Crippen molar-refractivity contribution in [3.8, 4) is 0 Å². The van der Waals surface area contributed by atoms with E-state index in [0.29, 0.717) is 38.3 Å². The van der Waals surface area contributed by atoms with Crippen LogP contribution in [0.5, 0.6) is 0 Å². The SMILES string of the molecule is CC(C)[C@@H](NC(=O)[C@@H]1CCC(C)(O)C1)C(=O)N1CCC(c2ccc(Cl)cc2)C(C)(C)C1. The van der Waals surface area contributed by atoms with Crippen LogP contribution < -0.4 is 5.32 Å². The van der Waals surface area contributed by atoms with Crippen LogP contribution in [0.3, 0.4) is 0 Å². The number of hydrogen-bond donors (Lipinski definition) is 2. The highest BCUT2D eigenvalue weighted by Gasteiger charge is 2.42. The molecule has 31 heavy (non-hydrogen) atoms. The van der Waals surface area contributed by atoms with Crippen LogP contribution in [0.2, 0.25) is 5.02 Å². The molecule has 1 aliphatic heterocycles. The molecule has 2 N–H and O–H groups in total. The Balaban J connectivity index is 1.67. The zero-order valence-electron chi connectivity index (χ0n) is 19.5. The molecule has 1 aromatic rings. The Bertz CT molecular complexity index is 803. The van der Waals surface area contributed by atoms with Crippen LogP contribution in [-0.4, -0.2) is 46.6 Å². The summed E-state index contributed by atoms with van der Waals surface area (Å²) >= 11 is 6.05. The van der Waals surface area contributed by atoms with E-state index in [1.54, 1.807) is 6.92 Å². The van der Waals surface area contributed by atoms with Crippen molar-refractivity contribution in [1.29, 1.82) is 0 Å². The molecule has 5 nitrogen and oxygen atoms in total. The van der Waals surface area contributed by atoms with Crippen LogP contribution >= 0.6 is 11.6 Å². The number of piperidine rings is 1. The molecule has 3 rings (SSSR count). The lowest BCUT2D eigenvalue weighted by Crippen LogP contribution is -2.56. The Labute approximate surface area is 191 Å². The van der Waals surface area contributed by atoms with Crippen molar-refractivity contribution < 1.29 is 14.7 Å². The average Bonchev–Trinajstić information content (AvgIpc) is 3.05. The van der Waals surface area contributed by atoms with Gasteiger partial charge in [-0.15, -0.1) is 0 Å². The van der Waals surface area contributed by atoms with Gasteiger partial charge in [0.25, 0.3) is 0 Å². The monoisotopic (exact) mass is 448 g/mol. The summed E-state index contributed by atoms with van der Waals surface area (Å²) in [7, 11) is 0. The first kappa shape index (κ1) is 24.1. The molecule has 2 unspecified atom stereocenters. The summed E-state index contributed by atoms with van der Waals surface area (Å²) in [5.74, 6) is 0.00379. The van der Waals surface area contributed by atoms with Gasteiger partial charge in [0.2, 0.25) is 11.8 Å². The topological polar surface area (TPSA) is 69.6 Å². The minimum atomic E-state index is -0.785. The lowest BCUT2D eigenvalue weighted by molar-refractivity contribution is -0.141. The van der Waals surface area contributed by atoms with Crippen LogP contribution in [0.4, 0.5) is 0 Å². The van der Waals surface area contributed by atoms with Gasteiger partial charge in [0.15, 0.2) is 0 Å². The fraction of sp³-hybridized carbons (Fsp3) is 0.680. The summed E-state index contributed by atoms with van der Waals surface area (Å²) in [6.45, 7) is 11.4. The van der Waals surface area contributed by atoms with Crippen molar-refractivity contribution >= 4 is 23.4 Å². The third kappa shape index (κ3) is 5.61. The number of carbonyl (C=O) groups excluding carboxylic acids is 2. The first-order valence-corrected chi connectivity index (χ1v) is 11.8. The molecule has 0 radical (unpaired) electrons. The van der Waals surface area contributed by atoms with Crippen molar-refractivity contribution in [3.63, 3.8) is 0 Å². The third-order valence-corrected chi connectivity index (χ3v) is 7.38. The van der Waals surface area contributed by atoms with E-state index in [2.05, 4.69) is 31.3 Å². The normalized spacial score (nSPS) is 29.1. The van der Waals surface area contributed by atoms with Gasteiger partial charge in [-0.3, -0.25) is 9.59 Å². The molecule has 2 aliphatic rings. The van der Waals surface area contributed by atoms with Crippen molar-refractivity contribution in [2.75, 3.05) is 13.1 Å². The molecule has 2 fully saturated rings. The van der Waals surface area contributed by atoms with Crippen LogP contribution in [0.25, 0.3) is 0 Å². The van der Waals surface area contributed by atoms with E-state index in [-0.39, 0.29) is 29.1 Å².